The first-order chi connectivity index (χ1) is 5.00. The molecular formula is C7H14N2OS. The lowest BCUT2D eigenvalue weighted by atomic mass is 10.3. The second kappa shape index (κ2) is 3.03. The molecule has 11 heavy (non-hydrogen) atoms. The van der Waals surface area contributed by atoms with E-state index >= 15 is 0 Å². The van der Waals surface area contributed by atoms with Crippen molar-refractivity contribution in [3.8, 4) is 0 Å². The van der Waals surface area contributed by atoms with Crippen LogP contribution in [0.15, 0.2) is 4.40 Å². The highest BCUT2D eigenvalue weighted by molar-refractivity contribution is 7.85. The summed E-state index contributed by atoms with van der Waals surface area (Å²) in [5, 5.41) is 3.06. The summed E-state index contributed by atoms with van der Waals surface area (Å²) in [6.07, 6.45) is 1.74. The van der Waals surface area contributed by atoms with Gasteiger partial charge in [0.25, 0.3) is 0 Å². The van der Waals surface area contributed by atoms with Crippen LogP contribution in [-0.4, -0.2) is 27.8 Å². The van der Waals surface area contributed by atoms with Gasteiger partial charge in [0, 0.05) is 12.8 Å². The molecule has 64 valence electrons. The fourth-order valence-electron chi connectivity index (χ4n) is 0.460. The van der Waals surface area contributed by atoms with Crippen molar-refractivity contribution in [1.29, 1.82) is 0 Å². The van der Waals surface area contributed by atoms with Crippen molar-refractivity contribution in [3.05, 3.63) is 0 Å². The van der Waals surface area contributed by atoms with Gasteiger partial charge in [0.05, 0.1) is 10.8 Å². The third-order valence-corrected chi connectivity index (χ3v) is 2.66. The van der Waals surface area contributed by atoms with Crippen LogP contribution in [0.1, 0.15) is 20.8 Å². The maximum Gasteiger partial charge on any atom is 0.144 e. The molecule has 0 aliphatic carbocycles. The minimum Gasteiger partial charge on any atom is -0.306 e. The van der Waals surface area contributed by atoms with Crippen LogP contribution in [0.2, 0.25) is 0 Å². The Bertz CT molecular complexity index is 191. The highest BCUT2D eigenvalue weighted by atomic mass is 32.2. The topological polar surface area (TPSA) is 51.4 Å². The molecule has 0 radical (unpaired) electrons. The van der Waals surface area contributed by atoms with Gasteiger partial charge in [-0.25, -0.2) is 4.21 Å². The Balaban J connectivity index is 2.41. The molecule has 2 atom stereocenters. The first kappa shape index (κ1) is 8.87. The lowest BCUT2D eigenvalue weighted by Crippen LogP contribution is -2.20. The van der Waals surface area contributed by atoms with Crippen molar-refractivity contribution in [3.63, 3.8) is 0 Å². The summed E-state index contributed by atoms with van der Waals surface area (Å²) in [6.45, 7) is 6.73. The number of nitrogens with zero attached hydrogens (tertiary/aromatic N) is 1. The van der Waals surface area contributed by atoms with Crippen LogP contribution in [0.25, 0.3) is 0 Å². The summed E-state index contributed by atoms with van der Waals surface area (Å²) in [5.41, 5.74) is 0. The smallest absolute Gasteiger partial charge is 0.144 e. The van der Waals surface area contributed by atoms with Crippen LogP contribution in [0.3, 0.4) is 0 Å². The molecule has 0 aromatic rings. The Morgan fingerprint density at radius 3 is 2.55 bits per heavy atom. The molecule has 1 saturated heterocycles. The summed E-state index contributed by atoms with van der Waals surface area (Å²) in [5.74, 6) is 0. The Labute approximate surface area is 69.9 Å². The second-order valence-electron chi connectivity index (χ2n) is 3.63. The number of nitrogens with one attached hydrogen (secondary N) is 1. The van der Waals surface area contributed by atoms with Gasteiger partial charge in [-0.2, -0.15) is 4.40 Å². The Morgan fingerprint density at radius 2 is 2.18 bits per heavy atom. The van der Waals surface area contributed by atoms with E-state index in [-0.39, 0.29) is 4.75 Å². The van der Waals surface area contributed by atoms with Gasteiger partial charge in [-0.15, -0.1) is 0 Å². The Morgan fingerprint density at radius 1 is 1.64 bits per heavy atom. The Hall–Kier alpha value is -0.220. The zero-order valence-electron chi connectivity index (χ0n) is 7.13. The molecule has 1 rings (SSSR count). The van der Waals surface area contributed by atoms with Crippen LogP contribution >= 0.6 is 0 Å². The minimum absolute atomic E-state index is 0.231. The van der Waals surface area contributed by atoms with Gasteiger partial charge in [-0.05, 0) is 20.8 Å². The predicted octanol–water partition coefficient (Wildman–Crippen LogP) is 0.491. The second-order valence-corrected chi connectivity index (χ2v) is 5.56. The first-order valence-electron chi connectivity index (χ1n) is 3.70. The summed E-state index contributed by atoms with van der Waals surface area (Å²) in [4.78, 5) is 0. The fourth-order valence-corrected chi connectivity index (χ4v) is 1.03. The van der Waals surface area contributed by atoms with Crippen LogP contribution in [0.5, 0.6) is 0 Å². The van der Waals surface area contributed by atoms with E-state index in [0.717, 1.165) is 6.54 Å². The molecule has 1 aliphatic heterocycles. The Kier molecular flexibility index (Phi) is 2.44. The van der Waals surface area contributed by atoms with Gasteiger partial charge >= 0.3 is 0 Å². The molecule has 0 bridgehead atoms. The molecule has 0 saturated carbocycles. The molecule has 2 unspecified atom stereocenters. The van der Waals surface area contributed by atoms with Gasteiger partial charge in [0.1, 0.15) is 11.0 Å². The van der Waals surface area contributed by atoms with E-state index in [4.69, 9.17) is 0 Å². The molecule has 0 aromatic carbocycles. The zero-order chi connectivity index (χ0) is 8.48. The van der Waals surface area contributed by atoms with Gasteiger partial charge in [-0.1, -0.05) is 0 Å². The lowest BCUT2D eigenvalue weighted by Gasteiger charge is -2.12. The summed E-state index contributed by atoms with van der Waals surface area (Å²) in [6, 6.07) is 0.376. The van der Waals surface area contributed by atoms with Crippen LogP contribution < -0.4 is 5.32 Å². The van der Waals surface area contributed by atoms with Crippen molar-refractivity contribution in [2.24, 2.45) is 4.40 Å². The standard InChI is InChI=1S/C7H14N2OS/c1-7(2,3)11(10)9-5-6-4-8-6/h5-6,8H,4H2,1-3H3/b9-5+. The highest BCUT2D eigenvalue weighted by Crippen LogP contribution is 2.11. The molecule has 3 nitrogen and oxygen atoms in total. The maximum absolute atomic E-state index is 11.3. The summed E-state index contributed by atoms with van der Waals surface area (Å²) < 4.78 is 15.0. The van der Waals surface area contributed by atoms with E-state index in [1.807, 2.05) is 20.8 Å². The van der Waals surface area contributed by atoms with E-state index in [0.29, 0.717) is 6.04 Å². The average molecular weight is 174 g/mol. The van der Waals surface area contributed by atoms with Crippen molar-refractivity contribution >= 4 is 17.2 Å². The quantitative estimate of drug-likeness (QED) is 0.489. The average Bonchev–Trinajstić information content (AvgIpc) is 2.62. The molecule has 1 heterocycles. The SMILES string of the molecule is CC(C)(C)S(=O)/N=C/C1CN1. The van der Waals surface area contributed by atoms with Crippen molar-refractivity contribution in [2.45, 2.75) is 31.6 Å². The van der Waals surface area contributed by atoms with Crippen molar-refractivity contribution in [2.75, 3.05) is 6.54 Å². The number of hydrogen-bond acceptors (Lipinski definition) is 2. The zero-order valence-corrected chi connectivity index (χ0v) is 7.94. The molecule has 0 amide bonds. The molecule has 1 fully saturated rings. The van der Waals surface area contributed by atoms with Gasteiger partial charge < -0.3 is 5.32 Å². The monoisotopic (exact) mass is 174 g/mol. The number of rotatable bonds is 2. The van der Waals surface area contributed by atoms with Crippen LogP contribution in [0, 0.1) is 0 Å². The molecule has 0 aromatic heterocycles. The normalized spacial score (nSPS) is 27.4. The molecule has 1 N–H and O–H groups in total. The van der Waals surface area contributed by atoms with E-state index in [1.54, 1.807) is 6.21 Å². The minimum atomic E-state index is -1.09. The van der Waals surface area contributed by atoms with E-state index in [9.17, 15) is 4.21 Å². The van der Waals surface area contributed by atoms with E-state index in [2.05, 4.69) is 9.71 Å². The first-order valence-corrected chi connectivity index (χ1v) is 4.80. The van der Waals surface area contributed by atoms with Gasteiger partial charge in [0.15, 0.2) is 0 Å². The van der Waals surface area contributed by atoms with Gasteiger partial charge in [-0.3, -0.25) is 0 Å². The molecule has 1 aliphatic rings. The van der Waals surface area contributed by atoms with Gasteiger partial charge in [0.2, 0.25) is 0 Å². The van der Waals surface area contributed by atoms with E-state index < -0.39 is 11.0 Å². The summed E-state index contributed by atoms with van der Waals surface area (Å²) >= 11 is 0. The summed E-state index contributed by atoms with van der Waals surface area (Å²) in [7, 11) is -1.09. The third-order valence-electron chi connectivity index (χ3n) is 1.30. The third kappa shape index (κ3) is 3.12. The predicted molar refractivity (Wildman–Crippen MR) is 48.2 cm³/mol. The molecule has 0 spiro atoms. The van der Waals surface area contributed by atoms with Crippen LogP contribution in [0.4, 0.5) is 0 Å². The lowest BCUT2D eigenvalue weighted by molar-refractivity contribution is 0.651. The highest BCUT2D eigenvalue weighted by Gasteiger charge is 2.21. The largest absolute Gasteiger partial charge is 0.306 e. The van der Waals surface area contributed by atoms with Crippen LogP contribution in [-0.2, 0) is 11.0 Å². The molecule has 4 heteroatoms. The number of hydrogen-bond donors (Lipinski definition) is 1. The van der Waals surface area contributed by atoms with Crippen molar-refractivity contribution < 1.29 is 4.21 Å². The maximum atomic E-state index is 11.3. The van der Waals surface area contributed by atoms with Crippen molar-refractivity contribution in [1.82, 2.24) is 5.32 Å². The van der Waals surface area contributed by atoms with E-state index in [1.165, 1.54) is 0 Å². The fraction of sp³-hybridized carbons (Fsp3) is 0.857. The molecular weight excluding hydrogens is 160 g/mol.